The highest BCUT2D eigenvalue weighted by molar-refractivity contribution is 7.22. The number of primary amides is 1. The van der Waals surface area contributed by atoms with Crippen molar-refractivity contribution in [1.82, 2.24) is 4.98 Å². The molecular formula is C13H13N3O2S. The molecule has 6 heteroatoms. The van der Waals surface area contributed by atoms with Crippen LogP contribution in [0.5, 0.6) is 0 Å². The molecule has 1 atom stereocenters. The van der Waals surface area contributed by atoms with Crippen LogP contribution < -0.4 is 10.6 Å². The van der Waals surface area contributed by atoms with E-state index in [1.165, 1.54) is 11.3 Å². The van der Waals surface area contributed by atoms with Crippen LogP contribution in [-0.2, 0) is 9.59 Å². The van der Waals surface area contributed by atoms with Gasteiger partial charge in [0.15, 0.2) is 5.13 Å². The number of aromatic nitrogens is 1. The number of amides is 2. The van der Waals surface area contributed by atoms with Crippen LogP contribution in [0.1, 0.15) is 12.0 Å². The summed E-state index contributed by atoms with van der Waals surface area (Å²) in [5.41, 5.74) is 7.29. The minimum atomic E-state index is -0.423. The van der Waals surface area contributed by atoms with Crippen molar-refractivity contribution in [3.63, 3.8) is 0 Å². The second-order valence-electron chi connectivity index (χ2n) is 4.78. The number of nitrogens with two attached hydrogens (primary N) is 1. The minimum Gasteiger partial charge on any atom is -0.369 e. The van der Waals surface area contributed by atoms with E-state index in [0.717, 1.165) is 15.8 Å². The van der Waals surface area contributed by atoms with Gasteiger partial charge in [-0.3, -0.25) is 14.5 Å². The molecule has 2 N–H and O–H groups in total. The molecule has 1 unspecified atom stereocenters. The van der Waals surface area contributed by atoms with Crippen LogP contribution in [0.4, 0.5) is 5.13 Å². The van der Waals surface area contributed by atoms with Gasteiger partial charge in [-0.1, -0.05) is 17.4 Å². The number of thiazole rings is 1. The zero-order valence-electron chi connectivity index (χ0n) is 10.4. The topological polar surface area (TPSA) is 76.3 Å². The lowest BCUT2D eigenvalue weighted by atomic mass is 10.1. The first-order valence-corrected chi connectivity index (χ1v) is 6.83. The molecule has 0 saturated carbocycles. The Bertz CT molecular complexity index is 680. The summed E-state index contributed by atoms with van der Waals surface area (Å²) in [5, 5.41) is 0.648. The lowest BCUT2D eigenvalue weighted by Gasteiger charge is -2.11. The predicted molar refractivity (Wildman–Crippen MR) is 74.0 cm³/mol. The maximum Gasteiger partial charge on any atom is 0.229 e. The quantitative estimate of drug-likeness (QED) is 0.901. The number of carbonyl (C=O) groups is 2. The molecular weight excluding hydrogens is 262 g/mol. The summed E-state index contributed by atoms with van der Waals surface area (Å²) in [5.74, 6) is -0.909. The number of benzene rings is 1. The van der Waals surface area contributed by atoms with E-state index >= 15 is 0 Å². The monoisotopic (exact) mass is 275 g/mol. The molecule has 98 valence electrons. The number of anilines is 1. The van der Waals surface area contributed by atoms with Crippen LogP contribution in [0.25, 0.3) is 10.2 Å². The maximum atomic E-state index is 11.9. The third-order valence-electron chi connectivity index (χ3n) is 3.29. The fourth-order valence-electron chi connectivity index (χ4n) is 2.22. The van der Waals surface area contributed by atoms with Crippen molar-refractivity contribution in [1.29, 1.82) is 0 Å². The molecule has 1 aromatic carbocycles. The Hall–Kier alpha value is -1.95. The van der Waals surface area contributed by atoms with Crippen LogP contribution in [-0.4, -0.2) is 23.3 Å². The predicted octanol–water partition coefficient (Wildman–Crippen LogP) is 1.44. The molecule has 1 aliphatic heterocycles. The molecule has 1 saturated heterocycles. The second-order valence-corrected chi connectivity index (χ2v) is 5.78. The van der Waals surface area contributed by atoms with Gasteiger partial charge in [0.1, 0.15) is 0 Å². The summed E-state index contributed by atoms with van der Waals surface area (Å²) in [6.45, 7) is 2.36. The minimum absolute atomic E-state index is 0.0837. The molecule has 3 rings (SSSR count). The average molecular weight is 275 g/mol. The maximum absolute atomic E-state index is 11.9. The smallest absolute Gasteiger partial charge is 0.229 e. The molecule has 0 spiro atoms. The standard InChI is InChI=1S/C13H13N3O2S/c1-7-2-3-9-10(4-7)19-13(15-9)16-6-8(12(14)18)5-11(16)17/h2-4,8H,5-6H2,1H3,(H2,14,18). The first-order chi connectivity index (χ1) is 9.04. The van der Waals surface area contributed by atoms with Gasteiger partial charge in [-0.2, -0.15) is 0 Å². The Labute approximate surface area is 114 Å². The molecule has 19 heavy (non-hydrogen) atoms. The molecule has 2 heterocycles. The third kappa shape index (κ3) is 2.08. The van der Waals surface area contributed by atoms with E-state index in [-0.39, 0.29) is 12.3 Å². The molecule has 0 radical (unpaired) electrons. The third-order valence-corrected chi connectivity index (χ3v) is 4.33. The van der Waals surface area contributed by atoms with Crippen molar-refractivity contribution in [2.75, 3.05) is 11.4 Å². The zero-order valence-corrected chi connectivity index (χ0v) is 11.2. The van der Waals surface area contributed by atoms with Gasteiger partial charge in [-0.05, 0) is 24.6 Å². The van der Waals surface area contributed by atoms with Crippen LogP contribution >= 0.6 is 11.3 Å². The second kappa shape index (κ2) is 4.31. The zero-order chi connectivity index (χ0) is 13.6. The number of nitrogens with zero attached hydrogens (tertiary/aromatic N) is 2. The highest BCUT2D eigenvalue weighted by Crippen LogP contribution is 2.33. The normalized spacial score (nSPS) is 19.3. The lowest BCUT2D eigenvalue weighted by Crippen LogP contribution is -2.28. The molecule has 0 aliphatic carbocycles. The van der Waals surface area contributed by atoms with Crippen LogP contribution in [0.2, 0.25) is 0 Å². The molecule has 2 aromatic rings. The van der Waals surface area contributed by atoms with Crippen molar-refractivity contribution in [3.8, 4) is 0 Å². The lowest BCUT2D eigenvalue weighted by molar-refractivity contribution is -0.123. The average Bonchev–Trinajstić information content (AvgIpc) is 2.91. The fraction of sp³-hybridized carbons (Fsp3) is 0.308. The van der Waals surface area contributed by atoms with Crippen molar-refractivity contribution in [2.45, 2.75) is 13.3 Å². The van der Waals surface area contributed by atoms with Gasteiger partial charge >= 0.3 is 0 Å². The SMILES string of the molecule is Cc1ccc2nc(N3CC(C(N)=O)CC3=O)sc2c1. The van der Waals surface area contributed by atoms with Gasteiger partial charge < -0.3 is 5.73 Å². The molecule has 0 bridgehead atoms. The van der Waals surface area contributed by atoms with E-state index in [1.807, 2.05) is 25.1 Å². The summed E-state index contributed by atoms with van der Waals surface area (Å²) >= 11 is 1.47. The van der Waals surface area contributed by atoms with Gasteiger partial charge in [0.2, 0.25) is 11.8 Å². The van der Waals surface area contributed by atoms with Gasteiger partial charge in [0.05, 0.1) is 16.1 Å². The van der Waals surface area contributed by atoms with Crippen LogP contribution in [0.15, 0.2) is 18.2 Å². The van der Waals surface area contributed by atoms with Gasteiger partial charge in [0, 0.05) is 13.0 Å². The number of rotatable bonds is 2. The Morgan fingerprint density at radius 2 is 2.32 bits per heavy atom. The molecule has 5 nitrogen and oxygen atoms in total. The van der Waals surface area contributed by atoms with E-state index < -0.39 is 11.8 Å². The Morgan fingerprint density at radius 1 is 1.53 bits per heavy atom. The van der Waals surface area contributed by atoms with Crippen molar-refractivity contribution >= 4 is 38.5 Å². The number of hydrogen-bond donors (Lipinski definition) is 1. The summed E-state index contributed by atoms with van der Waals surface area (Å²) in [6, 6.07) is 5.98. The number of carbonyl (C=O) groups excluding carboxylic acids is 2. The summed E-state index contributed by atoms with van der Waals surface area (Å²) in [6.07, 6.45) is 0.185. The largest absolute Gasteiger partial charge is 0.369 e. The van der Waals surface area contributed by atoms with Crippen LogP contribution in [0.3, 0.4) is 0 Å². The molecule has 1 aliphatic rings. The highest BCUT2D eigenvalue weighted by Gasteiger charge is 2.35. The van der Waals surface area contributed by atoms with Crippen molar-refractivity contribution in [3.05, 3.63) is 23.8 Å². The fourth-order valence-corrected chi connectivity index (χ4v) is 3.31. The van der Waals surface area contributed by atoms with E-state index in [9.17, 15) is 9.59 Å². The summed E-state index contributed by atoms with van der Waals surface area (Å²) in [7, 11) is 0. The highest BCUT2D eigenvalue weighted by atomic mass is 32.1. The molecule has 1 aromatic heterocycles. The Balaban J connectivity index is 1.96. The van der Waals surface area contributed by atoms with E-state index in [1.54, 1.807) is 4.90 Å². The van der Waals surface area contributed by atoms with E-state index in [2.05, 4.69) is 4.98 Å². The Morgan fingerprint density at radius 3 is 3.00 bits per heavy atom. The summed E-state index contributed by atoms with van der Waals surface area (Å²) < 4.78 is 1.05. The first-order valence-electron chi connectivity index (χ1n) is 6.01. The molecule has 1 fully saturated rings. The molecule has 2 amide bonds. The van der Waals surface area contributed by atoms with Crippen LogP contribution in [0, 0.1) is 12.8 Å². The number of aryl methyl sites for hydroxylation is 1. The van der Waals surface area contributed by atoms with Crippen molar-refractivity contribution < 1.29 is 9.59 Å². The van der Waals surface area contributed by atoms with E-state index in [4.69, 9.17) is 5.73 Å². The van der Waals surface area contributed by atoms with E-state index in [0.29, 0.717) is 11.7 Å². The van der Waals surface area contributed by atoms with Gasteiger partial charge in [0.25, 0.3) is 0 Å². The first kappa shape index (κ1) is 12.1. The number of hydrogen-bond acceptors (Lipinski definition) is 4. The van der Waals surface area contributed by atoms with Crippen molar-refractivity contribution in [2.24, 2.45) is 11.7 Å². The summed E-state index contributed by atoms with van der Waals surface area (Å²) in [4.78, 5) is 29.1. The number of fused-ring (bicyclic) bond motifs is 1. The Kier molecular flexibility index (Phi) is 2.74. The van der Waals surface area contributed by atoms with Gasteiger partial charge in [-0.15, -0.1) is 0 Å². The van der Waals surface area contributed by atoms with Gasteiger partial charge in [-0.25, -0.2) is 4.98 Å².